The number of hydrogen-bond acceptors (Lipinski definition) is 3. The Morgan fingerprint density at radius 1 is 1.04 bits per heavy atom. The Labute approximate surface area is 141 Å². The molecule has 24 heavy (non-hydrogen) atoms. The van der Waals surface area contributed by atoms with Crippen LogP contribution in [-0.2, 0) is 12.6 Å². The van der Waals surface area contributed by atoms with Gasteiger partial charge in [0, 0.05) is 17.4 Å². The van der Waals surface area contributed by atoms with Gasteiger partial charge in [-0.1, -0.05) is 18.2 Å². The molecule has 0 bridgehead atoms. The predicted molar refractivity (Wildman–Crippen MR) is 88.4 cm³/mol. The second-order valence-corrected chi connectivity index (χ2v) is 6.13. The first kappa shape index (κ1) is 16.5. The third kappa shape index (κ3) is 3.59. The molecule has 0 saturated carbocycles. The molecule has 0 saturated heterocycles. The Hall–Kier alpha value is -2.34. The number of halogens is 3. The Balaban J connectivity index is 1.84. The highest BCUT2D eigenvalue weighted by Gasteiger charge is 2.32. The van der Waals surface area contributed by atoms with Gasteiger partial charge in [0.05, 0.1) is 23.4 Å². The van der Waals surface area contributed by atoms with Crippen molar-refractivity contribution in [3.8, 4) is 17.0 Å². The molecular formula is C18H14F3NOS. The van der Waals surface area contributed by atoms with E-state index in [9.17, 15) is 13.2 Å². The molecule has 124 valence electrons. The highest BCUT2D eigenvalue weighted by atomic mass is 32.1. The van der Waals surface area contributed by atoms with E-state index in [4.69, 9.17) is 4.74 Å². The number of hydrogen-bond donors (Lipinski definition) is 0. The Bertz CT molecular complexity index is 825. The quantitative estimate of drug-likeness (QED) is 0.627. The number of nitrogens with zero attached hydrogens (tertiary/aromatic N) is 1. The maximum atomic E-state index is 13.1. The van der Waals surface area contributed by atoms with Gasteiger partial charge in [0.2, 0.25) is 0 Å². The molecule has 0 aliphatic heterocycles. The van der Waals surface area contributed by atoms with Crippen LogP contribution in [0.3, 0.4) is 0 Å². The molecule has 0 unspecified atom stereocenters. The molecule has 3 rings (SSSR count). The van der Waals surface area contributed by atoms with Crippen LogP contribution in [0.2, 0.25) is 0 Å². The minimum absolute atomic E-state index is 0.163. The SMILES string of the molecule is COc1ccc(-c2csc(Cc3ccccc3C(F)(F)F)n2)cc1. The average Bonchev–Trinajstić information content (AvgIpc) is 3.03. The Morgan fingerprint density at radius 3 is 2.42 bits per heavy atom. The molecule has 1 aromatic heterocycles. The van der Waals surface area contributed by atoms with Crippen molar-refractivity contribution >= 4 is 11.3 Å². The van der Waals surface area contributed by atoms with Crippen molar-refractivity contribution in [2.45, 2.75) is 12.6 Å². The summed E-state index contributed by atoms with van der Waals surface area (Å²) in [6, 6.07) is 13.0. The van der Waals surface area contributed by atoms with Gasteiger partial charge in [-0.2, -0.15) is 13.2 Å². The minimum atomic E-state index is -4.35. The van der Waals surface area contributed by atoms with Crippen LogP contribution in [0.5, 0.6) is 5.75 Å². The van der Waals surface area contributed by atoms with Crippen LogP contribution in [0, 0.1) is 0 Å². The summed E-state index contributed by atoms with van der Waals surface area (Å²) >= 11 is 1.36. The van der Waals surface area contributed by atoms with E-state index >= 15 is 0 Å². The molecule has 0 amide bonds. The first-order chi connectivity index (χ1) is 11.5. The smallest absolute Gasteiger partial charge is 0.416 e. The normalized spacial score (nSPS) is 11.5. The molecule has 0 aliphatic rings. The Kier molecular flexibility index (Phi) is 4.57. The van der Waals surface area contributed by atoms with E-state index in [0.29, 0.717) is 5.01 Å². The van der Waals surface area contributed by atoms with Gasteiger partial charge in [-0.15, -0.1) is 11.3 Å². The number of methoxy groups -OCH3 is 1. The first-order valence-corrected chi connectivity index (χ1v) is 8.09. The molecule has 0 atom stereocenters. The van der Waals surface area contributed by atoms with Gasteiger partial charge in [-0.05, 0) is 35.9 Å². The zero-order chi connectivity index (χ0) is 17.2. The van der Waals surface area contributed by atoms with Crippen LogP contribution in [0.15, 0.2) is 53.9 Å². The largest absolute Gasteiger partial charge is 0.497 e. The topological polar surface area (TPSA) is 22.1 Å². The molecule has 0 aliphatic carbocycles. The first-order valence-electron chi connectivity index (χ1n) is 7.21. The summed E-state index contributed by atoms with van der Waals surface area (Å²) in [7, 11) is 1.59. The van der Waals surface area contributed by atoms with Crippen LogP contribution < -0.4 is 4.74 Å². The zero-order valence-corrected chi connectivity index (χ0v) is 13.6. The number of benzene rings is 2. The van der Waals surface area contributed by atoms with E-state index in [-0.39, 0.29) is 12.0 Å². The Morgan fingerprint density at radius 2 is 1.75 bits per heavy atom. The van der Waals surface area contributed by atoms with Gasteiger partial charge in [0.15, 0.2) is 0 Å². The summed E-state index contributed by atoms with van der Waals surface area (Å²) in [5, 5.41) is 2.50. The van der Waals surface area contributed by atoms with Gasteiger partial charge < -0.3 is 4.74 Å². The number of aromatic nitrogens is 1. The summed E-state index contributed by atoms with van der Waals surface area (Å²) in [5.74, 6) is 0.744. The third-order valence-electron chi connectivity index (χ3n) is 3.60. The highest BCUT2D eigenvalue weighted by Crippen LogP contribution is 2.33. The number of alkyl halides is 3. The molecule has 0 radical (unpaired) electrons. The summed E-state index contributed by atoms with van der Waals surface area (Å²) < 4.78 is 44.3. The van der Waals surface area contributed by atoms with Crippen molar-refractivity contribution < 1.29 is 17.9 Å². The summed E-state index contributed by atoms with van der Waals surface area (Å²) in [4.78, 5) is 4.46. The van der Waals surface area contributed by atoms with Crippen molar-refractivity contribution in [1.82, 2.24) is 4.98 Å². The predicted octanol–water partition coefficient (Wildman–Crippen LogP) is 5.43. The molecule has 3 aromatic rings. The van der Waals surface area contributed by atoms with Crippen molar-refractivity contribution in [3.05, 3.63) is 70.0 Å². The third-order valence-corrected chi connectivity index (χ3v) is 4.45. The van der Waals surface area contributed by atoms with Gasteiger partial charge in [-0.25, -0.2) is 4.98 Å². The highest BCUT2D eigenvalue weighted by molar-refractivity contribution is 7.10. The van der Waals surface area contributed by atoms with Crippen molar-refractivity contribution in [2.75, 3.05) is 7.11 Å². The minimum Gasteiger partial charge on any atom is -0.497 e. The van der Waals surface area contributed by atoms with E-state index in [2.05, 4.69) is 4.98 Å². The summed E-state index contributed by atoms with van der Waals surface area (Å²) in [6.45, 7) is 0. The fraction of sp³-hybridized carbons (Fsp3) is 0.167. The molecule has 0 fully saturated rings. The lowest BCUT2D eigenvalue weighted by Crippen LogP contribution is -2.09. The monoisotopic (exact) mass is 349 g/mol. The number of rotatable bonds is 4. The van der Waals surface area contributed by atoms with E-state index in [1.807, 2.05) is 29.6 Å². The van der Waals surface area contributed by atoms with Crippen LogP contribution in [0.4, 0.5) is 13.2 Å². The lowest BCUT2D eigenvalue weighted by Gasteiger charge is -2.11. The van der Waals surface area contributed by atoms with E-state index in [0.717, 1.165) is 23.1 Å². The maximum absolute atomic E-state index is 13.1. The molecule has 6 heteroatoms. The zero-order valence-electron chi connectivity index (χ0n) is 12.8. The standard InChI is InChI=1S/C18H14F3NOS/c1-23-14-8-6-12(7-9-14)16-11-24-17(22-16)10-13-4-2-3-5-15(13)18(19,20)21/h2-9,11H,10H2,1H3. The van der Waals surface area contributed by atoms with Gasteiger partial charge in [0.25, 0.3) is 0 Å². The molecule has 2 aromatic carbocycles. The molecular weight excluding hydrogens is 335 g/mol. The van der Waals surface area contributed by atoms with E-state index < -0.39 is 11.7 Å². The molecule has 2 nitrogen and oxygen atoms in total. The van der Waals surface area contributed by atoms with Gasteiger partial charge in [0.1, 0.15) is 5.75 Å². The van der Waals surface area contributed by atoms with Crippen molar-refractivity contribution in [1.29, 1.82) is 0 Å². The fourth-order valence-electron chi connectivity index (χ4n) is 2.40. The van der Waals surface area contributed by atoms with Crippen LogP contribution in [0.1, 0.15) is 16.1 Å². The lowest BCUT2D eigenvalue weighted by atomic mass is 10.0. The van der Waals surface area contributed by atoms with Gasteiger partial charge in [-0.3, -0.25) is 0 Å². The summed E-state index contributed by atoms with van der Waals surface area (Å²) in [6.07, 6.45) is -4.19. The second kappa shape index (κ2) is 6.65. The van der Waals surface area contributed by atoms with E-state index in [1.54, 1.807) is 13.2 Å². The summed E-state index contributed by atoms with van der Waals surface area (Å²) in [5.41, 5.74) is 1.29. The second-order valence-electron chi connectivity index (χ2n) is 5.19. The number of thiazole rings is 1. The lowest BCUT2D eigenvalue weighted by molar-refractivity contribution is -0.138. The molecule has 1 heterocycles. The molecule has 0 N–H and O–H groups in total. The van der Waals surface area contributed by atoms with Crippen LogP contribution in [0.25, 0.3) is 11.3 Å². The van der Waals surface area contributed by atoms with E-state index in [1.165, 1.54) is 23.5 Å². The van der Waals surface area contributed by atoms with Crippen LogP contribution in [-0.4, -0.2) is 12.1 Å². The average molecular weight is 349 g/mol. The van der Waals surface area contributed by atoms with Gasteiger partial charge >= 0.3 is 6.18 Å². The van der Waals surface area contributed by atoms with Crippen LogP contribution >= 0.6 is 11.3 Å². The van der Waals surface area contributed by atoms with Crippen molar-refractivity contribution in [2.24, 2.45) is 0 Å². The fourth-order valence-corrected chi connectivity index (χ4v) is 3.23. The maximum Gasteiger partial charge on any atom is 0.416 e. The number of ether oxygens (including phenoxy) is 1. The van der Waals surface area contributed by atoms with Crippen molar-refractivity contribution in [3.63, 3.8) is 0 Å². The molecule has 0 spiro atoms.